The topological polar surface area (TPSA) is 105 Å². The molecule has 8 nitrogen and oxygen atoms in total. The van der Waals surface area contributed by atoms with Crippen molar-refractivity contribution in [2.75, 3.05) is 43.5 Å². The summed E-state index contributed by atoms with van der Waals surface area (Å²) in [4.78, 5) is 21.4. The molecule has 2 heterocycles. The van der Waals surface area contributed by atoms with E-state index in [4.69, 9.17) is 4.74 Å². The molecule has 0 saturated carbocycles. The minimum absolute atomic E-state index is 0.217. The molecule has 1 N–H and O–H groups in total. The smallest absolute Gasteiger partial charge is 0.261 e. The van der Waals surface area contributed by atoms with Crippen molar-refractivity contribution in [1.82, 2.24) is 9.88 Å². The lowest BCUT2D eigenvalue weighted by Gasteiger charge is -2.37. The lowest BCUT2D eigenvalue weighted by Crippen LogP contribution is -2.46. The molecule has 0 unspecified atom stereocenters. The minimum atomic E-state index is -0.422. The number of benzene rings is 2. The Bertz CT molecular complexity index is 1320. The number of hydrogen-bond acceptors (Lipinski definition) is 7. The van der Waals surface area contributed by atoms with Crippen LogP contribution in [0.1, 0.15) is 27.0 Å². The molecule has 176 valence electrons. The van der Waals surface area contributed by atoms with Crippen LogP contribution in [0.4, 0.5) is 15.8 Å². The lowest BCUT2D eigenvalue weighted by atomic mass is 10.1. The second-order valence-electron chi connectivity index (χ2n) is 8.03. The van der Waals surface area contributed by atoms with Gasteiger partial charge in [-0.25, -0.2) is 9.37 Å². The van der Waals surface area contributed by atoms with Crippen molar-refractivity contribution in [1.29, 1.82) is 10.5 Å². The van der Waals surface area contributed by atoms with Crippen LogP contribution in [0.2, 0.25) is 0 Å². The first kappa shape index (κ1) is 23.7. The number of nitriles is 2. The van der Waals surface area contributed by atoms with E-state index in [0.29, 0.717) is 55.1 Å². The summed E-state index contributed by atoms with van der Waals surface area (Å²) in [6, 6.07) is 16.9. The molecule has 1 aliphatic heterocycles. The van der Waals surface area contributed by atoms with Crippen LogP contribution >= 0.6 is 0 Å². The third kappa shape index (κ3) is 5.37. The predicted octanol–water partition coefficient (Wildman–Crippen LogP) is 3.55. The Kier molecular flexibility index (Phi) is 7.20. The molecule has 1 fully saturated rings. The zero-order valence-corrected chi connectivity index (χ0v) is 19.2. The molecule has 2 aromatic carbocycles. The molecule has 9 heteroatoms. The molecular formula is C26H23FN6O2. The standard InChI is InChI=1S/C26H23FN6O2/c1-35-26-22(3-2-8-30-26)25(34)31-23-13-18(15-28)4-7-24(23)33-11-9-32(10-12-33)17-19-5-6-21(27)14-20(19)16-29/h2-8,13-14H,9-12,17H2,1H3,(H,31,34). The number of carbonyl (C=O) groups is 1. The van der Waals surface area contributed by atoms with Gasteiger partial charge in [0.25, 0.3) is 5.91 Å². The summed E-state index contributed by atoms with van der Waals surface area (Å²) < 4.78 is 18.7. The average Bonchev–Trinajstić information content (AvgIpc) is 2.90. The molecule has 3 aromatic rings. The number of rotatable bonds is 6. The maximum atomic E-state index is 13.5. The van der Waals surface area contributed by atoms with Crippen molar-refractivity contribution in [2.45, 2.75) is 6.54 Å². The van der Waals surface area contributed by atoms with Crippen molar-refractivity contribution in [3.8, 4) is 18.0 Å². The van der Waals surface area contributed by atoms with Crippen molar-refractivity contribution < 1.29 is 13.9 Å². The van der Waals surface area contributed by atoms with Gasteiger partial charge in [0.15, 0.2) is 0 Å². The number of hydrogen-bond donors (Lipinski definition) is 1. The van der Waals surface area contributed by atoms with Crippen LogP contribution < -0.4 is 15.0 Å². The molecule has 0 aliphatic carbocycles. The number of nitrogens with zero attached hydrogens (tertiary/aromatic N) is 5. The molecule has 0 bridgehead atoms. The molecule has 0 spiro atoms. The summed E-state index contributed by atoms with van der Waals surface area (Å²) in [6.45, 7) is 3.33. The zero-order chi connectivity index (χ0) is 24.8. The van der Waals surface area contributed by atoms with Crippen LogP contribution in [0.5, 0.6) is 5.88 Å². The first-order chi connectivity index (χ1) is 17.0. The number of piperazine rings is 1. The van der Waals surface area contributed by atoms with Crippen LogP contribution in [-0.4, -0.2) is 49.1 Å². The number of amides is 1. The molecule has 0 atom stereocenters. The fourth-order valence-corrected chi connectivity index (χ4v) is 4.08. The van der Waals surface area contributed by atoms with Crippen molar-refractivity contribution in [3.63, 3.8) is 0 Å². The Labute approximate surface area is 202 Å². The molecule has 1 amide bonds. The van der Waals surface area contributed by atoms with Gasteiger partial charge in [0.05, 0.1) is 41.7 Å². The Hall–Kier alpha value is -4.47. The first-order valence-corrected chi connectivity index (χ1v) is 11.0. The minimum Gasteiger partial charge on any atom is -0.480 e. The largest absolute Gasteiger partial charge is 0.480 e. The molecule has 0 radical (unpaired) electrons. The first-order valence-electron chi connectivity index (χ1n) is 11.0. The number of pyridine rings is 1. The van der Waals surface area contributed by atoms with Crippen molar-refractivity contribution >= 4 is 17.3 Å². The van der Waals surface area contributed by atoms with Gasteiger partial charge in [-0.05, 0) is 48.0 Å². The zero-order valence-electron chi connectivity index (χ0n) is 19.2. The van der Waals surface area contributed by atoms with Crippen LogP contribution in [0.25, 0.3) is 0 Å². The summed E-state index contributed by atoms with van der Waals surface area (Å²) in [5.74, 6) is -0.589. The molecular weight excluding hydrogens is 447 g/mol. The Morgan fingerprint density at radius 1 is 1.11 bits per heavy atom. The summed E-state index contributed by atoms with van der Waals surface area (Å²) >= 11 is 0. The molecule has 35 heavy (non-hydrogen) atoms. The van der Waals surface area contributed by atoms with E-state index in [1.807, 2.05) is 6.07 Å². The number of halogens is 1. The van der Waals surface area contributed by atoms with Gasteiger partial charge in [-0.15, -0.1) is 0 Å². The summed E-state index contributed by atoms with van der Waals surface area (Å²) in [7, 11) is 1.45. The van der Waals surface area contributed by atoms with Gasteiger partial charge in [0, 0.05) is 38.9 Å². The number of ether oxygens (including phenoxy) is 1. The van der Waals surface area contributed by atoms with Crippen LogP contribution in [-0.2, 0) is 6.54 Å². The summed E-state index contributed by atoms with van der Waals surface area (Å²) in [5.41, 5.74) is 3.19. The average molecular weight is 471 g/mol. The van der Waals surface area contributed by atoms with E-state index >= 15 is 0 Å². The molecule has 4 rings (SSSR count). The van der Waals surface area contributed by atoms with E-state index in [1.165, 1.54) is 19.2 Å². The van der Waals surface area contributed by atoms with E-state index in [0.717, 1.165) is 11.3 Å². The van der Waals surface area contributed by atoms with Gasteiger partial charge < -0.3 is 15.0 Å². The van der Waals surface area contributed by atoms with E-state index in [2.05, 4.69) is 32.2 Å². The third-order valence-electron chi connectivity index (χ3n) is 5.88. The summed E-state index contributed by atoms with van der Waals surface area (Å²) in [5, 5.41) is 21.6. The van der Waals surface area contributed by atoms with E-state index in [9.17, 15) is 19.7 Å². The predicted molar refractivity (Wildman–Crippen MR) is 129 cm³/mol. The monoisotopic (exact) mass is 470 g/mol. The van der Waals surface area contributed by atoms with E-state index in [1.54, 1.807) is 36.5 Å². The highest BCUT2D eigenvalue weighted by Crippen LogP contribution is 2.30. The molecule has 1 saturated heterocycles. The fourth-order valence-electron chi connectivity index (χ4n) is 4.08. The number of aromatic nitrogens is 1. The molecule has 1 aliphatic rings. The second-order valence-corrected chi connectivity index (χ2v) is 8.03. The number of nitrogens with one attached hydrogen (secondary N) is 1. The van der Waals surface area contributed by atoms with Gasteiger partial charge in [-0.1, -0.05) is 6.07 Å². The van der Waals surface area contributed by atoms with Crippen LogP contribution in [0.3, 0.4) is 0 Å². The van der Waals surface area contributed by atoms with Gasteiger partial charge in [-0.2, -0.15) is 10.5 Å². The lowest BCUT2D eigenvalue weighted by molar-refractivity contribution is 0.102. The second kappa shape index (κ2) is 10.6. The van der Waals surface area contributed by atoms with E-state index in [-0.39, 0.29) is 11.8 Å². The van der Waals surface area contributed by atoms with Gasteiger partial charge in [0.1, 0.15) is 11.4 Å². The highest BCUT2D eigenvalue weighted by Gasteiger charge is 2.22. The fraction of sp³-hybridized carbons (Fsp3) is 0.231. The quantitative estimate of drug-likeness (QED) is 0.587. The molecule has 1 aromatic heterocycles. The highest BCUT2D eigenvalue weighted by atomic mass is 19.1. The number of methoxy groups -OCH3 is 1. The number of anilines is 2. The maximum Gasteiger partial charge on any atom is 0.261 e. The van der Waals surface area contributed by atoms with Crippen LogP contribution in [0, 0.1) is 28.5 Å². The highest BCUT2D eigenvalue weighted by molar-refractivity contribution is 6.07. The normalized spacial score (nSPS) is 13.5. The van der Waals surface area contributed by atoms with Crippen molar-refractivity contribution in [3.05, 3.63) is 82.8 Å². The van der Waals surface area contributed by atoms with Crippen LogP contribution in [0.15, 0.2) is 54.7 Å². The number of carbonyl (C=O) groups excluding carboxylic acids is 1. The van der Waals surface area contributed by atoms with Gasteiger partial charge in [0.2, 0.25) is 5.88 Å². The SMILES string of the molecule is COc1ncccc1C(=O)Nc1cc(C#N)ccc1N1CCN(Cc2ccc(F)cc2C#N)CC1. The van der Waals surface area contributed by atoms with E-state index < -0.39 is 5.82 Å². The Balaban J connectivity index is 1.50. The maximum absolute atomic E-state index is 13.5. The summed E-state index contributed by atoms with van der Waals surface area (Å²) in [6.07, 6.45) is 1.54. The van der Waals surface area contributed by atoms with Gasteiger partial charge >= 0.3 is 0 Å². The van der Waals surface area contributed by atoms with Crippen molar-refractivity contribution in [2.24, 2.45) is 0 Å². The third-order valence-corrected chi connectivity index (χ3v) is 5.88. The Morgan fingerprint density at radius 3 is 2.63 bits per heavy atom. The Morgan fingerprint density at radius 2 is 1.91 bits per heavy atom. The van der Waals surface area contributed by atoms with Gasteiger partial charge in [-0.3, -0.25) is 9.69 Å².